The van der Waals surface area contributed by atoms with Gasteiger partial charge in [-0.3, -0.25) is 0 Å². The molecule has 1 aromatic rings. The van der Waals surface area contributed by atoms with Gasteiger partial charge in [-0.1, -0.05) is 0 Å². The van der Waals surface area contributed by atoms with Crippen molar-refractivity contribution in [1.82, 2.24) is 4.31 Å². The second-order valence-electron chi connectivity index (χ2n) is 4.38. The zero-order valence-corrected chi connectivity index (χ0v) is 12.3. The van der Waals surface area contributed by atoms with Gasteiger partial charge in [0.05, 0.1) is 18.1 Å². The van der Waals surface area contributed by atoms with Crippen molar-refractivity contribution in [3.05, 3.63) is 15.8 Å². The van der Waals surface area contributed by atoms with E-state index in [1.54, 1.807) is 13.8 Å². The zero-order valence-electron chi connectivity index (χ0n) is 10.6. The van der Waals surface area contributed by atoms with E-state index in [2.05, 4.69) is 0 Å². The summed E-state index contributed by atoms with van der Waals surface area (Å²) < 4.78 is 31.7. The number of carboxylic acid groups (broad SMARTS) is 1. The van der Waals surface area contributed by atoms with Crippen LogP contribution in [0.4, 0.5) is 0 Å². The highest BCUT2D eigenvalue weighted by Gasteiger charge is 2.33. The Bertz CT molecular complexity index is 592. The smallest absolute Gasteiger partial charge is 0.345 e. The molecule has 0 spiro atoms. The van der Waals surface area contributed by atoms with E-state index in [9.17, 15) is 13.2 Å². The second kappa shape index (κ2) is 5.20. The molecule has 1 aliphatic rings. The zero-order chi connectivity index (χ0) is 14.2. The molecule has 19 heavy (non-hydrogen) atoms. The molecule has 0 bridgehead atoms. The van der Waals surface area contributed by atoms with E-state index in [1.165, 1.54) is 10.4 Å². The number of aromatic carboxylic acids is 1. The summed E-state index contributed by atoms with van der Waals surface area (Å²) in [4.78, 5) is 11.5. The molecule has 0 aliphatic carbocycles. The van der Waals surface area contributed by atoms with Crippen molar-refractivity contribution in [3.63, 3.8) is 0 Å². The summed E-state index contributed by atoms with van der Waals surface area (Å²) in [7, 11) is -3.65. The maximum absolute atomic E-state index is 12.5. The lowest BCUT2D eigenvalue weighted by atomic mass is 10.3. The van der Waals surface area contributed by atoms with Gasteiger partial charge in [-0.05, 0) is 19.9 Å². The fourth-order valence-corrected chi connectivity index (χ4v) is 5.02. The number of carbonyl (C=O) groups is 1. The van der Waals surface area contributed by atoms with Gasteiger partial charge in [0.1, 0.15) is 4.88 Å². The van der Waals surface area contributed by atoms with Crippen molar-refractivity contribution in [2.24, 2.45) is 0 Å². The Kier molecular flexibility index (Phi) is 3.95. The van der Waals surface area contributed by atoms with Crippen molar-refractivity contribution in [3.8, 4) is 0 Å². The molecular formula is C11H15NO5S2. The van der Waals surface area contributed by atoms with E-state index in [0.717, 1.165) is 11.3 Å². The highest BCUT2D eigenvalue weighted by atomic mass is 32.2. The topological polar surface area (TPSA) is 83.9 Å². The molecule has 1 saturated heterocycles. The maximum atomic E-state index is 12.5. The number of nitrogens with zero attached hydrogens (tertiary/aromatic N) is 1. The minimum Gasteiger partial charge on any atom is -0.477 e. The third-order valence-electron chi connectivity index (χ3n) is 2.98. The largest absolute Gasteiger partial charge is 0.477 e. The normalized spacial score (nSPS) is 21.5. The van der Waals surface area contributed by atoms with Crippen LogP contribution in [0.1, 0.15) is 21.5 Å². The van der Waals surface area contributed by atoms with Crippen molar-refractivity contribution in [1.29, 1.82) is 0 Å². The number of hydrogen-bond donors (Lipinski definition) is 1. The van der Waals surface area contributed by atoms with Crippen molar-refractivity contribution in [2.45, 2.75) is 24.8 Å². The fourth-order valence-electron chi connectivity index (χ4n) is 2.02. The van der Waals surface area contributed by atoms with E-state index in [1.807, 2.05) is 0 Å². The molecule has 1 aliphatic heterocycles. The van der Waals surface area contributed by atoms with Crippen molar-refractivity contribution >= 4 is 27.3 Å². The van der Waals surface area contributed by atoms with Gasteiger partial charge in [-0.25, -0.2) is 13.2 Å². The van der Waals surface area contributed by atoms with Crippen molar-refractivity contribution < 1.29 is 23.1 Å². The first-order chi connectivity index (χ1) is 8.84. The van der Waals surface area contributed by atoms with Crippen molar-refractivity contribution in [2.75, 3.05) is 19.8 Å². The molecule has 0 amide bonds. The molecule has 0 aromatic carbocycles. The summed E-state index contributed by atoms with van der Waals surface area (Å²) in [5, 5.41) is 8.93. The number of carboxylic acids is 1. The fraction of sp³-hybridized carbons (Fsp3) is 0.545. The third-order valence-corrected chi connectivity index (χ3v) is 6.28. The highest BCUT2D eigenvalue weighted by molar-refractivity contribution is 7.89. The van der Waals surface area contributed by atoms with Gasteiger partial charge in [0.2, 0.25) is 10.0 Å². The molecule has 6 nitrogen and oxygen atoms in total. The standard InChI is InChI=1S/C11H15NO5S2/c1-7-6-17-4-3-12(7)19(15,16)10-5-9(11(13)14)18-8(10)2/h5,7H,3-4,6H2,1-2H3,(H,13,14). The van der Waals surface area contributed by atoms with Crippen LogP contribution in [0.3, 0.4) is 0 Å². The summed E-state index contributed by atoms with van der Waals surface area (Å²) in [5.41, 5.74) is 0. The second-order valence-corrected chi connectivity index (χ2v) is 7.49. The average Bonchev–Trinajstić information content (AvgIpc) is 2.72. The molecule has 2 rings (SSSR count). The van der Waals surface area contributed by atoms with Gasteiger partial charge in [-0.15, -0.1) is 11.3 Å². The number of hydrogen-bond acceptors (Lipinski definition) is 5. The Morgan fingerprint density at radius 3 is 2.79 bits per heavy atom. The van der Waals surface area contributed by atoms with Gasteiger partial charge < -0.3 is 9.84 Å². The Labute approximate surface area is 115 Å². The Morgan fingerprint density at radius 2 is 2.26 bits per heavy atom. The number of morpholine rings is 1. The van der Waals surface area contributed by atoms with Gasteiger partial charge in [-0.2, -0.15) is 4.31 Å². The van der Waals surface area contributed by atoms with Crippen LogP contribution in [0, 0.1) is 6.92 Å². The first-order valence-corrected chi connectivity index (χ1v) is 8.03. The summed E-state index contributed by atoms with van der Waals surface area (Å²) in [6.07, 6.45) is 0. The first-order valence-electron chi connectivity index (χ1n) is 5.77. The molecule has 1 aromatic heterocycles. The average molecular weight is 305 g/mol. The molecule has 2 heterocycles. The minimum atomic E-state index is -3.65. The number of aryl methyl sites for hydroxylation is 1. The molecular weight excluding hydrogens is 290 g/mol. The minimum absolute atomic E-state index is 0.0389. The van der Waals surface area contributed by atoms with Crippen LogP contribution < -0.4 is 0 Å². The van der Waals surface area contributed by atoms with Crippen LogP contribution in [0.25, 0.3) is 0 Å². The van der Waals surface area contributed by atoms with E-state index in [0.29, 0.717) is 24.6 Å². The van der Waals surface area contributed by atoms with E-state index < -0.39 is 16.0 Å². The van der Waals surface area contributed by atoms with Crippen LogP contribution in [-0.4, -0.2) is 49.6 Å². The van der Waals surface area contributed by atoms with E-state index >= 15 is 0 Å². The molecule has 8 heteroatoms. The van der Waals surface area contributed by atoms with Gasteiger partial charge in [0.25, 0.3) is 0 Å². The van der Waals surface area contributed by atoms with Gasteiger partial charge in [0, 0.05) is 17.5 Å². The van der Waals surface area contributed by atoms with Gasteiger partial charge in [0.15, 0.2) is 0 Å². The maximum Gasteiger partial charge on any atom is 0.345 e. The summed E-state index contributed by atoms with van der Waals surface area (Å²) >= 11 is 0.978. The highest BCUT2D eigenvalue weighted by Crippen LogP contribution is 2.29. The predicted molar refractivity (Wildman–Crippen MR) is 70.2 cm³/mol. The third kappa shape index (κ3) is 2.66. The molecule has 1 fully saturated rings. The molecule has 1 N–H and O–H groups in total. The summed E-state index contributed by atoms with van der Waals surface area (Å²) in [6, 6.07) is 0.992. The quantitative estimate of drug-likeness (QED) is 0.906. The lowest BCUT2D eigenvalue weighted by Gasteiger charge is -2.32. The Balaban J connectivity index is 2.41. The number of rotatable bonds is 3. The molecule has 1 atom stereocenters. The lowest BCUT2D eigenvalue weighted by Crippen LogP contribution is -2.46. The SMILES string of the molecule is Cc1sc(C(=O)O)cc1S(=O)(=O)N1CCOCC1C. The van der Waals surface area contributed by atoms with Crippen LogP contribution in [0.15, 0.2) is 11.0 Å². The Hall–Kier alpha value is -0.960. The monoisotopic (exact) mass is 305 g/mol. The molecule has 106 valence electrons. The number of ether oxygens (including phenoxy) is 1. The summed E-state index contributed by atoms with van der Waals surface area (Å²) in [6.45, 7) is 4.40. The summed E-state index contributed by atoms with van der Waals surface area (Å²) in [5.74, 6) is -1.11. The molecule has 0 radical (unpaired) electrons. The van der Waals surface area contributed by atoms with E-state index in [4.69, 9.17) is 9.84 Å². The van der Waals surface area contributed by atoms with Crippen LogP contribution in [-0.2, 0) is 14.8 Å². The predicted octanol–water partition coefficient (Wildman–Crippen LogP) is 1.16. The van der Waals surface area contributed by atoms with Crippen LogP contribution >= 0.6 is 11.3 Å². The van der Waals surface area contributed by atoms with Crippen LogP contribution in [0.2, 0.25) is 0 Å². The Morgan fingerprint density at radius 1 is 1.58 bits per heavy atom. The first kappa shape index (κ1) is 14.4. The molecule has 1 unspecified atom stereocenters. The van der Waals surface area contributed by atoms with Crippen LogP contribution in [0.5, 0.6) is 0 Å². The van der Waals surface area contributed by atoms with E-state index in [-0.39, 0.29) is 15.8 Å². The lowest BCUT2D eigenvalue weighted by molar-refractivity contribution is 0.0392. The number of thiophene rings is 1. The van der Waals surface area contributed by atoms with Gasteiger partial charge >= 0.3 is 5.97 Å². The number of sulfonamides is 1. The molecule has 0 saturated carbocycles.